The molecule has 0 unspecified atom stereocenters. The van der Waals surface area contributed by atoms with Crippen LogP contribution in [0.25, 0.3) is 0 Å². The van der Waals surface area contributed by atoms with Gasteiger partial charge in [0.1, 0.15) is 18.4 Å². The normalized spacial score (nSPS) is 24.1. The van der Waals surface area contributed by atoms with Crippen LogP contribution in [0.15, 0.2) is 25.4 Å². The Kier molecular flexibility index (Phi) is 6.56. The van der Waals surface area contributed by atoms with Crippen molar-refractivity contribution in [3.63, 3.8) is 0 Å². The number of aryl methyl sites for hydroxylation is 1. The number of nitriles is 1. The number of halogens is 1. The Morgan fingerprint density at radius 3 is 2.67 bits per heavy atom. The highest BCUT2D eigenvalue weighted by atomic mass is 127. The van der Waals surface area contributed by atoms with Crippen LogP contribution in [0.3, 0.4) is 0 Å². The predicted octanol–water partition coefficient (Wildman–Crippen LogP) is 3.37. The van der Waals surface area contributed by atoms with Crippen LogP contribution in [0.2, 0.25) is 18.1 Å². The van der Waals surface area contributed by atoms with Crippen LogP contribution >= 0.6 is 22.6 Å². The molecule has 2 heterocycles. The number of hydrogen-bond donors (Lipinski definition) is 1. The molecule has 0 radical (unpaired) electrons. The Bertz CT molecular complexity index is 892. The van der Waals surface area contributed by atoms with E-state index in [0.29, 0.717) is 15.6 Å². The van der Waals surface area contributed by atoms with Gasteiger partial charge in [0.15, 0.2) is 8.32 Å². The summed E-state index contributed by atoms with van der Waals surface area (Å²) in [5, 5.41) is 9.15. The van der Waals surface area contributed by atoms with Crippen LogP contribution in [0.4, 0.5) is 0 Å². The number of ether oxygens (including phenoxy) is 1. The van der Waals surface area contributed by atoms with E-state index in [4.69, 9.17) is 14.4 Å². The molecule has 1 aliphatic heterocycles. The number of H-pyrrole nitrogens is 1. The largest absolute Gasteiger partial charge is 0.411 e. The van der Waals surface area contributed by atoms with E-state index in [1.54, 1.807) is 13.0 Å². The first-order valence-electron chi connectivity index (χ1n) is 8.78. The summed E-state index contributed by atoms with van der Waals surface area (Å²) in [6.45, 7) is 12.4. The highest BCUT2D eigenvalue weighted by Gasteiger charge is 2.44. The quantitative estimate of drug-likeness (QED) is 0.386. The maximum atomic E-state index is 12.2. The molecule has 0 aliphatic carbocycles. The van der Waals surface area contributed by atoms with Gasteiger partial charge < -0.3 is 9.16 Å². The molecule has 9 heteroatoms. The Morgan fingerprint density at radius 2 is 2.11 bits per heavy atom. The van der Waals surface area contributed by atoms with E-state index >= 15 is 0 Å². The molecule has 1 aromatic heterocycles. The van der Waals surface area contributed by atoms with Crippen molar-refractivity contribution in [2.45, 2.75) is 70.7 Å². The summed E-state index contributed by atoms with van der Waals surface area (Å²) >= 11 is 1.96. The van der Waals surface area contributed by atoms with Gasteiger partial charge in [0, 0.05) is 18.2 Å². The van der Waals surface area contributed by atoms with Gasteiger partial charge in [-0.05, 0) is 53.7 Å². The number of aromatic nitrogens is 2. The van der Waals surface area contributed by atoms with E-state index in [0.717, 1.165) is 0 Å². The lowest BCUT2D eigenvalue weighted by molar-refractivity contribution is 0.00633. The summed E-state index contributed by atoms with van der Waals surface area (Å²) in [6, 6.07) is 2.10. The zero-order valence-corrected chi connectivity index (χ0v) is 19.7. The molecule has 0 amide bonds. The van der Waals surface area contributed by atoms with Crippen molar-refractivity contribution in [3.8, 4) is 6.07 Å². The topological polar surface area (TPSA) is 97.1 Å². The number of aromatic amines is 1. The van der Waals surface area contributed by atoms with Gasteiger partial charge in [-0.2, -0.15) is 5.26 Å². The minimum atomic E-state index is -2.08. The fraction of sp³-hybridized carbons (Fsp3) is 0.611. The minimum absolute atomic E-state index is 0.0210. The molecule has 7 nitrogen and oxygen atoms in total. The second kappa shape index (κ2) is 8.03. The van der Waals surface area contributed by atoms with Crippen LogP contribution in [-0.2, 0) is 9.16 Å². The maximum Gasteiger partial charge on any atom is 0.330 e. The molecular weight excluding hydrogens is 477 g/mol. The summed E-state index contributed by atoms with van der Waals surface area (Å²) < 4.78 is 14.5. The maximum absolute atomic E-state index is 12.2. The zero-order valence-electron chi connectivity index (χ0n) is 16.5. The SMILES string of the molecule is Cc1cn([C@H]2C[C@H](O[Si](C)(C)C(C)(C)C)[C@@H](/C=C(/I)C#N)O2)c(=O)[nH]c1=O. The van der Waals surface area contributed by atoms with Gasteiger partial charge in [-0.3, -0.25) is 14.3 Å². The van der Waals surface area contributed by atoms with Crippen molar-refractivity contribution in [1.82, 2.24) is 9.55 Å². The van der Waals surface area contributed by atoms with E-state index in [-0.39, 0.29) is 11.1 Å². The van der Waals surface area contributed by atoms with Crippen LogP contribution in [0.1, 0.15) is 39.0 Å². The lowest BCUT2D eigenvalue weighted by Crippen LogP contribution is -2.45. The van der Waals surface area contributed by atoms with Crippen molar-refractivity contribution in [2.75, 3.05) is 0 Å². The predicted molar refractivity (Wildman–Crippen MR) is 114 cm³/mol. The van der Waals surface area contributed by atoms with E-state index in [1.165, 1.54) is 10.8 Å². The molecule has 2 rings (SSSR count). The zero-order chi connectivity index (χ0) is 20.6. The number of rotatable bonds is 4. The van der Waals surface area contributed by atoms with Gasteiger partial charge in [0.05, 0.1) is 9.68 Å². The van der Waals surface area contributed by atoms with Gasteiger partial charge >= 0.3 is 5.69 Å². The minimum Gasteiger partial charge on any atom is -0.411 e. The van der Waals surface area contributed by atoms with Gasteiger partial charge in [-0.1, -0.05) is 20.8 Å². The fourth-order valence-corrected chi connectivity index (χ4v) is 4.33. The first-order chi connectivity index (χ1) is 12.4. The Balaban J connectivity index is 2.38. The smallest absolute Gasteiger partial charge is 0.330 e. The summed E-state index contributed by atoms with van der Waals surface area (Å²) in [5.74, 6) is 0. The first-order valence-corrected chi connectivity index (χ1v) is 12.8. The number of hydrogen-bond acceptors (Lipinski definition) is 5. The van der Waals surface area contributed by atoms with E-state index in [1.807, 2.05) is 22.6 Å². The number of nitrogens with one attached hydrogen (secondary N) is 1. The highest BCUT2D eigenvalue weighted by molar-refractivity contribution is 14.1. The van der Waals surface area contributed by atoms with Crippen molar-refractivity contribution in [2.24, 2.45) is 0 Å². The molecule has 1 aliphatic rings. The monoisotopic (exact) mass is 503 g/mol. The Labute approximate surface area is 173 Å². The third kappa shape index (κ3) is 4.99. The molecule has 1 fully saturated rings. The summed E-state index contributed by atoms with van der Waals surface area (Å²) in [7, 11) is -2.08. The molecule has 0 bridgehead atoms. The molecule has 0 spiro atoms. The van der Waals surface area contributed by atoms with Gasteiger partial charge in [-0.15, -0.1) is 0 Å². The lowest BCUT2D eigenvalue weighted by Gasteiger charge is -2.39. The Morgan fingerprint density at radius 1 is 1.48 bits per heavy atom. The summed E-state index contributed by atoms with van der Waals surface area (Å²) in [5.41, 5.74) is -0.481. The highest BCUT2D eigenvalue weighted by Crippen LogP contribution is 2.41. The number of nitrogens with zero attached hydrogens (tertiary/aromatic N) is 2. The summed E-state index contributed by atoms with van der Waals surface area (Å²) in [6.07, 6.45) is 2.45. The third-order valence-corrected chi connectivity index (χ3v) is 10.3. The average Bonchev–Trinajstić information content (AvgIpc) is 2.91. The molecule has 1 saturated heterocycles. The first kappa shape index (κ1) is 22.1. The van der Waals surface area contributed by atoms with Gasteiger partial charge in [0.2, 0.25) is 0 Å². The standard InChI is InChI=1S/C18H26IN3O4Si/c1-11-10-22(17(24)21-16(11)23)15-8-14(13(25-15)7-12(19)9-20)26-27(5,6)18(2,3)4/h7,10,13-15H,8H2,1-6H3,(H,21,23,24)/b12-7+/t13-,14+,15-/m1/s1. The van der Waals surface area contributed by atoms with Crippen LogP contribution < -0.4 is 11.2 Å². The second-order valence-electron chi connectivity index (χ2n) is 8.31. The van der Waals surface area contributed by atoms with Crippen molar-refractivity contribution >= 4 is 30.9 Å². The van der Waals surface area contributed by atoms with Gasteiger partial charge in [0.25, 0.3) is 5.56 Å². The molecule has 0 aromatic carbocycles. The third-order valence-electron chi connectivity index (χ3n) is 5.24. The molecular formula is C18H26IN3O4Si. The molecule has 27 heavy (non-hydrogen) atoms. The van der Waals surface area contributed by atoms with E-state index < -0.39 is 31.9 Å². The van der Waals surface area contributed by atoms with Crippen molar-refractivity contribution in [1.29, 1.82) is 5.26 Å². The molecule has 1 aromatic rings. The van der Waals surface area contributed by atoms with Crippen LogP contribution in [0, 0.1) is 18.3 Å². The Hall–Kier alpha value is -1.22. The molecule has 0 saturated carbocycles. The number of allylic oxidation sites excluding steroid dienone is 1. The van der Waals surface area contributed by atoms with Gasteiger partial charge in [-0.25, -0.2) is 4.79 Å². The lowest BCUT2D eigenvalue weighted by atomic mass is 10.1. The average molecular weight is 503 g/mol. The molecule has 1 N–H and O–H groups in total. The molecule has 3 atom stereocenters. The summed E-state index contributed by atoms with van der Waals surface area (Å²) in [4.78, 5) is 26.2. The van der Waals surface area contributed by atoms with Crippen molar-refractivity contribution < 1.29 is 9.16 Å². The van der Waals surface area contributed by atoms with Crippen LogP contribution in [-0.4, -0.2) is 30.1 Å². The van der Waals surface area contributed by atoms with Crippen LogP contribution in [0.5, 0.6) is 0 Å². The van der Waals surface area contributed by atoms with E-state index in [2.05, 4.69) is 44.9 Å². The second-order valence-corrected chi connectivity index (χ2v) is 14.2. The molecule has 148 valence electrons. The fourth-order valence-electron chi connectivity index (χ4n) is 2.64. The van der Waals surface area contributed by atoms with Crippen molar-refractivity contribution in [3.05, 3.63) is 42.3 Å². The van der Waals surface area contributed by atoms with E-state index in [9.17, 15) is 9.59 Å².